The van der Waals surface area contributed by atoms with Crippen molar-refractivity contribution in [3.8, 4) is 5.69 Å². The molecule has 4 aromatic rings. The first kappa shape index (κ1) is 22.0. The maximum absolute atomic E-state index is 13.1. The largest absolute Gasteiger partial charge is 0.347 e. The van der Waals surface area contributed by atoms with Gasteiger partial charge in [-0.2, -0.15) is 9.78 Å². The molecule has 0 saturated heterocycles. The number of aromatic nitrogens is 2. The Morgan fingerprint density at radius 3 is 2.24 bits per heavy atom. The number of rotatable bonds is 7. The number of hydrogen-bond acceptors (Lipinski definition) is 5. The molecule has 0 atom stereocenters. The van der Waals surface area contributed by atoms with Crippen molar-refractivity contribution in [2.45, 2.75) is 30.3 Å². The minimum absolute atomic E-state index is 0.0328. The van der Waals surface area contributed by atoms with E-state index in [1.54, 1.807) is 60.7 Å². The molecule has 172 valence electrons. The van der Waals surface area contributed by atoms with Gasteiger partial charge in [0.25, 0.3) is 11.5 Å². The fourth-order valence-electron chi connectivity index (χ4n) is 3.64. The van der Waals surface area contributed by atoms with Gasteiger partial charge in [0.1, 0.15) is 0 Å². The highest BCUT2D eigenvalue weighted by molar-refractivity contribution is 7.89. The summed E-state index contributed by atoms with van der Waals surface area (Å²) < 4.78 is 28.5. The lowest BCUT2D eigenvalue weighted by atomic mass is 10.1. The molecule has 8 nitrogen and oxygen atoms in total. The summed E-state index contributed by atoms with van der Waals surface area (Å²) in [4.78, 5) is 26.3. The Hall–Kier alpha value is -3.82. The van der Waals surface area contributed by atoms with Crippen LogP contribution in [-0.2, 0) is 16.6 Å². The highest BCUT2D eigenvalue weighted by Gasteiger charge is 2.27. The minimum Gasteiger partial charge on any atom is -0.347 e. The van der Waals surface area contributed by atoms with Crippen LogP contribution in [0.25, 0.3) is 16.5 Å². The normalized spacial score (nSPS) is 13.6. The molecule has 34 heavy (non-hydrogen) atoms. The zero-order chi connectivity index (χ0) is 23.7. The van der Waals surface area contributed by atoms with E-state index in [-0.39, 0.29) is 28.7 Å². The summed E-state index contributed by atoms with van der Waals surface area (Å²) in [6.45, 7) is 0.176. The first-order valence-corrected chi connectivity index (χ1v) is 12.4. The number of carbonyl (C=O) groups is 1. The summed E-state index contributed by atoms with van der Waals surface area (Å²) in [6.07, 6.45) is 1.73. The smallest absolute Gasteiger partial charge is 0.279 e. The molecule has 0 radical (unpaired) electrons. The second-order valence-electron chi connectivity index (χ2n) is 8.17. The standard InChI is InChI=1S/C25H22N4O4S/c30-24(26-16-17-10-14-20(15-11-17)34(32,33)28-18-12-13-18)23-21-8-4-5-9-22(21)25(31)29(27-23)19-6-2-1-3-7-19/h1-11,14-15,18,28H,12-13,16H2,(H,26,30). The van der Waals surface area contributed by atoms with Gasteiger partial charge in [0, 0.05) is 18.0 Å². The van der Waals surface area contributed by atoms with Crippen LogP contribution < -0.4 is 15.6 Å². The summed E-state index contributed by atoms with van der Waals surface area (Å²) in [7, 11) is -3.53. The Balaban J connectivity index is 1.39. The molecule has 1 fully saturated rings. The molecule has 3 aromatic carbocycles. The summed E-state index contributed by atoms with van der Waals surface area (Å²) in [5, 5.41) is 8.05. The van der Waals surface area contributed by atoms with Crippen molar-refractivity contribution in [1.82, 2.24) is 19.8 Å². The van der Waals surface area contributed by atoms with Gasteiger partial charge in [-0.15, -0.1) is 0 Å². The summed E-state index contributed by atoms with van der Waals surface area (Å²) >= 11 is 0. The Bertz CT molecular complexity index is 1530. The zero-order valence-corrected chi connectivity index (χ0v) is 19.0. The predicted molar refractivity (Wildman–Crippen MR) is 128 cm³/mol. The third kappa shape index (κ3) is 4.48. The third-order valence-corrected chi connectivity index (χ3v) is 7.14. The van der Waals surface area contributed by atoms with E-state index >= 15 is 0 Å². The molecule has 1 heterocycles. The first-order valence-electron chi connectivity index (χ1n) is 10.9. The van der Waals surface area contributed by atoms with Crippen LogP contribution in [0.1, 0.15) is 28.9 Å². The van der Waals surface area contributed by atoms with Gasteiger partial charge in [0.2, 0.25) is 10.0 Å². The van der Waals surface area contributed by atoms with Crippen molar-refractivity contribution in [2.24, 2.45) is 0 Å². The second-order valence-corrected chi connectivity index (χ2v) is 9.88. The van der Waals surface area contributed by atoms with E-state index in [9.17, 15) is 18.0 Å². The highest BCUT2D eigenvalue weighted by Crippen LogP contribution is 2.22. The maximum Gasteiger partial charge on any atom is 0.279 e. The number of amides is 1. The van der Waals surface area contributed by atoms with Gasteiger partial charge in [0.05, 0.1) is 16.0 Å². The third-order valence-electron chi connectivity index (χ3n) is 5.61. The molecule has 1 aliphatic rings. The van der Waals surface area contributed by atoms with Gasteiger partial charge in [-0.1, -0.05) is 48.5 Å². The van der Waals surface area contributed by atoms with E-state index in [0.29, 0.717) is 16.5 Å². The van der Waals surface area contributed by atoms with Crippen LogP contribution in [0, 0.1) is 0 Å². The number of nitrogens with zero attached hydrogens (tertiary/aromatic N) is 2. The fraction of sp³-hybridized carbons (Fsp3) is 0.160. The number of para-hydroxylation sites is 1. The summed E-state index contributed by atoms with van der Waals surface area (Å²) in [6, 6.07) is 22.2. The van der Waals surface area contributed by atoms with Gasteiger partial charge in [-0.3, -0.25) is 9.59 Å². The molecular formula is C25H22N4O4S. The van der Waals surface area contributed by atoms with Crippen LogP contribution in [0.4, 0.5) is 0 Å². The van der Waals surface area contributed by atoms with E-state index in [0.717, 1.165) is 18.4 Å². The minimum atomic E-state index is -3.53. The topological polar surface area (TPSA) is 110 Å². The van der Waals surface area contributed by atoms with Gasteiger partial charge in [-0.25, -0.2) is 13.1 Å². The van der Waals surface area contributed by atoms with E-state index in [2.05, 4.69) is 15.1 Å². The lowest BCUT2D eigenvalue weighted by Crippen LogP contribution is -2.29. The summed E-state index contributed by atoms with van der Waals surface area (Å²) in [5.41, 5.74) is 1.12. The Kier molecular flexibility index (Phi) is 5.72. The van der Waals surface area contributed by atoms with Crippen LogP contribution in [0.2, 0.25) is 0 Å². The summed E-state index contributed by atoms with van der Waals surface area (Å²) in [5.74, 6) is -0.437. The average molecular weight is 475 g/mol. The average Bonchev–Trinajstić information content (AvgIpc) is 3.67. The van der Waals surface area contributed by atoms with Gasteiger partial charge < -0.3 is 5.32 Å². The molecule has 0 bridgehead atoms. The van der Waals surface area contributed by atoms with Crippen molar-refractivity contribution in [3.05, 3.63) is 100 Å². The van der Waals surface area contributed by atoms with E-state index in [1.807, 2.05) is 6.07 Å². The SMILES string of the molecule is O=C(NCc1ccc(S(=O)(=O)NC2CC2)cc1)c1nn(-c2ccccc2)c(=O)c2ccccc12. The number of fused-ring (bicyclic) bond motifs is 1. The van der Waals surface area contributed by atoms with Crippen LogP contribution in [0.3, 0.4) is 0 Å². The zero-order valence-electron chi connectivity index (χ0n) is 18.1. The molecule has 0 unspecified atom stereocenters. The molecule has 0 spiro atoms. The Morgan fingerprint density at radius 1 is 0.912 bits per heavy atom. The molecule has 1 aliphatic carbocycles. The fourth-order valence-corrected chi connectivity index (χ4v) is 4.95. The number of benzene rings is 3. The maximum atomic E-state index is 13.1. The van der Waals surface area contributed by atoms with Crippen molar-refractivity contribution in [3.63, 3.8) is 0 Å². The van der Waals surface area contributed by atoms with Gasteiger partial charge in [-0.05, 0) is 48.7 Å². The van der Waals surface area contributed by atoms with E-state index < -0.39 is 15.9 Å². The number of hydrogen-bond donors (Lipinski definition) is 2. The van der Waals surface area contributed by atoms with Crippen molar-refractivity contribution in [2.75, 3.05) is 0 Å². The molecule has 0 aliphatic heterocycles. The van der Waals surface area contributed by atoms with Crippen LogP contribution in [0.5, 0.6) is 0 Å². The van der Waals surface area contributed by atoms with E-state index in [1.165, 1.54) is 16.8 Å². The van der Waals surface area contributed by atoms with E-state index in [4.69, 9.17) is 0 Å². The van der Waals surface area contributed by atoms with Crippen molar-refractivity contribution >= 4 is 26.7 Å². The highest BCUT2D eigenvalue weighted by atomic mass is 32.2. The monoisotopic (exact) mass is 474 g/mol. The predicted octanol–water partition coefficient (Wildman–Crippen LogP) is 2.76. The van der Waals surface area contributed by atoms with Gasteiger partial charge >= 0.3 is 0 Å². The van der Waals surface area contributed by atoms with Crippen molar-refractivity contribution in [1.29, 1.82) is 0 Å². The molecular weight excluding hydrogens is 452 g/mol. The Morgan fingerprint density at radius 2 is 1.56 bits per heavy atom. The number of nitrogens with one attached hydrogen (secondary N) is 2. The molecule has 1 aromatic heterocycles. The van der Waals surface area contributed by atoms with Crippen molar-refractivity contribution < 1.29 is 13.2 Å². The first-order chi connectivity index (χ1) is 16.4. The molecule has 5 rings (SSSR count). The molecule has 9 heteroatoms. The molecule has 2 N–H and O–H groups in total. The quantitative estimate of drug-likeness (QED) is 0.428. The molecule has 1 saturated carbocycles. The van der Waals surface area contributed by atoms with Gasteiger partial charge in [0.15, 0.2) is 5.69 Å². The lowest BCUT2D eigenvalue weighted by Gasteiger charge is -2.12. The number of carbonyl (C=O) groups excluding carboxylic acids is 1. The van der Waals surface area contributed by atoms with Crippen LogP contribution in [-0.4, -0.2) is 30.1 Å². The Labute approximate surface area is 196 Å². The second kappa shape index (κ2) is 8.85. The lowest BCUT2D eigenvalue weighted by molar-refractivity contribution is 0.0946. The van der Waals surface area contributed by atoms with Crippen LogP contribution in [0.15, 0.2) is 88.6 Å². The number of sulfonamides is 1. The molecule has 1 amide bonds. The van der Waals surface area contributed by atoms with Crippen LogP contribution >= 0.6 is 0 Å².